The number of hydrogen-bond acceptors (Lipinski definition) is 3. The number of benzene rings is 1. The molecule has 3 N–H and O–H groups in total. The van der Waals surface area contributed by atoms with Gasteiger partial charge >= 0.3 is 5.97 Å². The maximum absolute atomic E-state index is 13.6. The number of carboxylic acids is 1. The number of aromatic carboxylic acids is 1. The Morgan fingerprint density at radius 1 is 1.56 bits per heavy atom. The van der Waals surface area contributed by atoms with E-state index in [1.807, 2.05) is 0 Å². The Bertz CT molecular complexity index is 455. The quantitative estimate of drug-likeness (QED) is 0.817. The predicted molar refractivity (Wildman–Crippen MR) is 55.0 cm³/mol. The lowest BCUT2D eigenvalue weighted by Gasteiger charge is -2.13. The van der Waals surface area contributed by atoms with Crippen molar-refractivity contribution in [3.63, 3.8) is 0 Å². The summed E-state index contributed by atoms with van der Waals surface area (Å²) in [5, 5.41) is 8.94. The van der Waals surface area contributed by atoms with Crippen molar-refractivity contribution >= 4 is 5.97 Å². The molecule has 2 rings (SSSR count). The molecule has 16 heavy (non-hydrogen) atoms. The van der Waals surface area contributed by atoms with Gasteiger partial charge in [0, 0.05) is 5.54 Å². The normalized spacial score (nSPS) is 16.9. The zero-order valence-electron chi connectivity index (χ0n) is 8.79. The fraction of sp³-hybridized carbons (Fsp3) is 0.364. The van der Waals surface area contributed by atoms with E-state index in [2.05, 4.69) is 0 Å². The second-order valence-corrected chi connectivity index (χ2v) is 4.00. The minimum atomic E-state index is -1.22. The first-order valence-electron chi connectivity index (χ1n) is 4.88. The molecule has 0 aromatic heterocycles. The van der Waals surface area contributed by atoms with Crippen molar-refractivity contribution in [2.24, 2.45) is 5.73 Å². The largest absolute Gasteiger partial charge is 0.493 e. The summed E-state index contributed by atoms with van der Waals surface area (Å²) in [5.74, 6) is -2.16. The van der Waals surface area contributed by atoms with E-state index in [1.54, 1.807) is 0 Å². The van der Waals surface area contributed by atoms with Crippen molar-refractivity contribution < 1.29 is 19.0 Å². The first kappa shape index (κ1) is 10.9. The number of carboxylic acid groups (broad SMARTS) is 1. The smallest absolute Gasteiger partial charge is 0.339 e. The van der Waals surface area contributed by atoms with E-state index >= 15 is 0 Å². The van der Waals surface area contributed by atoms with Crippen molar-refractivity contribution in [3.05, 3.63) is 29.1 Å². The molecule has 1 aliphatic rings. The topological polar surface area (TPSA) is 72.5 Å². The molecular weight excluding hydrogens is 213 g/mol. The molecule has 1 aromatic rings. The monoisotopic (exact) mass is 225 g/mol. The van der Waals surface area contributed by atoms with Gasteiger partial charge in [-0.15, -0.1) is 0 Å². The van der Waals surface area contributed by atoms with Crippen molar-refractivity contribution in [1.29, 1.82) is 0 Å². The molecular formula is C11H12FNO3. The van der Waals surface area contributed by atoms with Crippen LogP contribution in [0.1, 0.15) is 28.8 Å². The number of halogens is 1. The van der Waals surface area contributed by atoms with Crippen LogP contribution in [0.5, 0.6) is 5.75 Å². The molecule has 0 bridgehead atoms. The predicted octanol–water partition coefficient (Wildman–Crippen LogP) is 1.48. The van der Waals surface area contributed by atoms with Crippen LogP contribution in [0.3, 0.4) is 0 Å². The fourth-order valence-corrected chi connectivity index (χ4v) is 1.67. The lowest BCUT2D eigenvalue weighted by Crippen LogP contribution is -2.20. The fourth-order valence-electron chi connectivity index (χ4n) is 1.67. The van der Waals surface area contributed by atoms with Gasteiger partial charge < -0.3 is 15.6 Å². The summed E-state index contributed by atoms with van der Waals surface area (Å²) in [6.45, 7) is 0. The van der Waals surface area contributed by atoms with Gasteiger partial charge in [0.1, 0.15) is 5.56 Å². The van der Waals surface area contributed by atoms with Crippen molar-refractivity contribution in [2.75, 3.05) is 7.11 Å². The Morgan fingerprint density at radius 2 is 2.19 bits per heavy atom. The average molecular weight is 225 g/mol. The van der Waals surface area contributed by atoms with Gasteiger partial charge in [0.15, 0.2) is 11.6 Å². The summed E-state index contributed by atoms with van der Waals surface area (Å²) < 4.78 is 18.3. The SMILES string of the molecule is COc1c(F)cc(C2(N)CC2)cc1C(=O)O. The second kappa shape index (κ2) is 3.45. The van der Waals surface area contributed by atoms with Crippen LogP contribution in [-0.2, 0) is 5.54 Å². The molecule has 86 valence electrons. The summed E-state index contributed by atoms with van der Waals surface area (Å²) >= 11 is 0. The Hall–Kier alpha value is -1.62. The Labute approximate surface area is 91.8 Å². The van der Waals surface area contributed by atoms with Crippen LogP contribution < -0.4 is 10.5 Å². The maximum atomic E-state index is 13.6. The van der Waals surface area contributed by atoms with Crippen LogP contribution in [0.25, 0.3) is 0 Å². The summed E-state index contributed by atoms with van der Waals surface area (Å²) in [5.41, 5.74) is 5.67. The van der Waals surface area contributed by atoms with E-state index < -0.39 is 17.3 Å². The Morgan fingerprint density at radius 3 is 2.62 bits per heavy atom. The first-order chi connectivity index (χ1) is 7.48. The molecule has 0 unspecified atom stereocenters. The zero-order chi connectivity index (χ0) is 11.9. The van der Waals surface area contributed by atoms with E-state index in [4.69, 9.17) is 15.6 Å². The molecule has 0 aliphatic heterocycles. The molecule has 0 heterocycles. The van der Waals surface area contributed by atoms with Gasteiger partial charge in [-0.2, -0.15) is 0 Å². The molecule has 4 nitrogen and oxygen atoms in total. The van der Waals surface area contributed by atoms with Gasteiger partial charge in [0.25, 0.3) is 0 Å². The highest BCUT2D eigenvalue weighted by molar-refractivity contribution is 5.91. The van der Waals surface area contributed by atoms with Crippen LogP contribution >= 0.6 is 0 Å². The molecule has 1 aliphatic carbocycles. The third-order valence-electron chi connectivity index (χ3n) is 2.84. The highest BCUT2D eigenvalue weighted by atomic mass is 19.1. The van der Waals surface area contributed by atoms with Gasteiger partial charge in [-0.3, -0.25) is 0 Å². The van der Waals surface area contributed by atoms with Crippen LogP contribution in [0.2, 0.25) is 0 Å². The van der Waals surface area contributed by atoms with Gasteiger partial charge in [-0.05, 0) is 30.5 Å². The lowest BCUT2D eigenvalue weighted by molar-refractivity contribution is 0.0692. The van der Waals surface area contributed by atoms with Crippen molar-refractivity contribution in [3.8, 4) is 5.75 Å². The summed E-state index contributed by atoms with van der Waals surface area (Å²) in [6, 6.07) is 2.63. The molecule has 5 heteroatoms. The average Bonchev–Trinajstić information content (AvgIpc) is 2.96. The molecule has 0 spiro atoms. The number of rotatable bonds is 3. The molecule has 0 amide bonds. The summed E-state index contributed by atoms with van der Waals surface area (Å²) in [6.07, 6.45) is 1.50. The van der Waals surface area contributed by atoms with Crippen molar-refractivity contribution in [1.82, 2.24) is 0 Å². The van der Waals surface area contributed by atoms with Crippen LogP contribution in [0.15, 0.2) is 12.1 Å². The number of methoxy groups -OCH3 is 1. The summed E-state index contributed by atoms with van der Waals surface area (Å²) in [4.78, 5) is 10.9. The minimum Gasteiger partial charge on any atom is -0.493 e. The van der Waals surface area contributed by atoms with Crippen LogP contribution in [-0.4, -0.2) is 18.2 Å². The first-order valence-corrected chi connectivity index (χ1v) is 4.88. The standard InChI is InChI=1S/C11H12FNO3/c1-16-9-7(10(14)15)4-6(5-8(9)12)11(13)2-3-11/h4-5H,2-3,13H2,1H3,(H,14,15). The third-order valence-corrected chi connectivity index (χ3v) is 2.84. The van der Waals surface area contributed by atoms with Gasteiger partial charge in [-0.1, -0.05) is 0 Å². The number of carbonyl (C=O) groups is 1. The highest BCUT2D eigenvalue weighted by Gasteiger charge is 2.41. The maximum Gasteiger partial charge on any atom is 0.339 e. The molecule has 1 aromatic carbocycles. The van der Waals surface area contributed by atoms with E-state index in [0.29, 0.717) is 5.56 Å². The molecule has 0 radical (unpaired) electrons. The highest BCUT2D eigenvalue weighted by Crippen LogP contribution is 2.44. The molecule has 0 saturated heterocycles. The van der Waals surface area contributed by atoms with Crippen LogP contribution in [0.4, 0.5) is 4.39 Å². The Balaban J connectivity index is 2.56. The zero-order valence-corrected chi connectivity index (χ0v) is 8.79. The number of hydrogen-bond donors (Lipinski definition) is 2. The number of nitrogens with two attached hydrogens (primary N) is 1. The van der Waals surface area contributed by atoms with Gasteiger partial charge in [0.05, 0.1) is 7.11 Å². The Kier molecular flexibility index (Phi) is 2.35. The van der Waals surface area contributed by atoms with Gasteiger partial charge in [-0.25, -0.2) is 9.18 Å². The van der Waals surface area contributed by atoms with E-state index in [1.165, 1.54) is 19.2 Å². The van der Waals surface area contributed by atoms with Crippen molar-refractivity contribution in [2.45, 2.75) is 18.4 Å². The van der Waals surface area contributed by atoms with E-state index in [-0.39, 0.29) is 11.3 Å². The lowest BCUT2D eigenvalue weighted by atomic mass is 10.0. The minimum absolute atomic E-state index is 0.186. The molecule has 1 saturated carbocycles. The molecule has 0 atom stereocenters. The summed E-state index contributed by atoms with van der Waals surface area (Å²) in [7, 11) is 1.24. The van der Waals surface area contributed by atoms with E-state index in [0.717, 1.165) is 12.8 Å². The third kappa shape index (κ3) is 1.63. The van der Waals surface area contributed by atoms with Gasteiger partial charge in [0.2, 0.25) is 0 Å². The number of ether oxygens (including phenoxy) is 1. The molecule has 1 fully saturated rings. The van der Waals surface area contributed by atoms with E-state index in [9.17, 15) is 9.18 Å². The second-order valence-electron chi connectivity index (χ2n) is 4.00. The van der Waals surface area contributed by atoms with Crippen LogP contribution in [0, 0.1) is 5.82 Å².